The molecule has 0 aromatic heterocycles. The van der Waals surface area contributed by atoms with Crippen molar-refractivity contribution in [2.75, 3.05) is 32.5 Å². The van der Waals surface area contributed by atoms with Crippen molar-refractivity contribution >= 4 is 27.3 Å². The Bertz CT molecular complexity index is 1050. The Morgan fingerprint density at radius 2 is 2.07 bits per heavy atom. The van der Waals surface area contributed by atoms with Crippen LogP contribution in [0.4, 0.5) is 5.69 Å². The van der Waals surface area contributed by atoms with Gasteiger partial charge in [0.2, 0.25) is 0 Å². The largest absolute Gasteiger partial charge is 0.496 e. The van der Waals surface area contributed by atoms with Crippen molar-refractivity contribution in [1.82, 2.24) is 4.90 Å². The topological polar surface area (TPSA) is 91.7 Å². The minimum Gasteiger partial charge on any atom is -0.496 e. The van der Waals surface area contributed by atoms with Crippen LogP contribution in [0.3, 0.4) is 0 Å². The summed E-state index contributed by atoms with van der Waals surface area (Å²) in [6.45, 7) is 0.430. The number of nitriles is 1. The van der Waals surface area contributed by atoms with Gasteiger partial charge >= 0.3 is 0 Å². The van der Waals surface area contributed by atoms with Crippen molar-refractivity contribution in [1.29, 1.82) is 5.26 Å². The lowest BCUT2D eigenvalue weighted by Crippen LogP contribution is -2.38. The third-order valence-electron chi connectivity index (χ3n) is 4.62. The van der Waals surface area contributed by atoms with Crippen LogP contribution in [-0.2, 0) is 16.4 Å². The summed E-state index contributed by atoms with van der Waals surface area (Å²) >= 11 is 6.08. The van der Waals surface area contributed by atoms with Crippen molar-refractivity contribution in [3.8, 4) is 17.6 Å². The molecule has 1 aliphatic heterocycles. The molecule has 0 amide bonds. The Labute approximate surface area is 169 Å². The molecule has 2 aromatic carbocycles. The predicted molar refractivity (Wildman–Crippen MR) is 107 cm³/mol. The molecule has 1 heterocycles. The normalized spacial score (nSPS) is 16.1. The molecule has 1 atom stereocenters. The third-order valence-corrected chi connectivity index (χ3v) is 6.47. The Hall–Kier alpha value is -2.47. The van der Waals surface area contributed by atoms with Crippen LogP contribution in [0, 0.1) is 11.3 Å². The molecular formula is C19H20ClN3O4S. The summed E-state index contributed by atoms with van der Waals surface area (Å²) in [5.74, 6) is 1.09. The zero-order chi connectivity index (χ0) is 20.5. The summed E-state index contributed by atoms with van der Waals surface area (Å²) in [6, 6.07) is 9.42. The van der Waals surface area contributed by atoms with Crippen molar-refractivity contribution in [3.05, 3.63) is 46.5 Å². The smallest absolute Gasteiger partial charge is 0.263 e. The molecule has 0 spiro atoms. The molecule has 2 aromatic rings. The second kappa shape index (κ2) is 7.87. The van der Waals surface area contributed by atoms with Gasteiger partial charge in [0.15, 0.2) is 0 Å². The van der Waals surface area contributed by atoms with Crippen LogP contribution in [0.2, 0.25) is 5.02 Å². The molecule has 0 saturated carbocycles. The van der Waals surface area contributed by atoms with Gasteiger partial charge in [-0.3, -0.25) is 4.72 Å². The number of benzene rings is 2. The van der Waals surface area contributed by atoms with Crippen molar-refractivity contribution in [2.24, 2.45) is 0 Å². The van der Waals surface area contributed by atoms with Crippen LogP contribution in [0.1, 0.15) is 11.1 Å². The quantitative estimate of drug-likeness (QED) is 0.798. The molecule has 7 nitrogen and oxygen atoms in total. The number of likely N-dealkylation sites (N-methyl/N-ethyl adjacent to an activating group) is 1. The highest BCUT2D eigenvalue weighted by Gasteiger charge is 2.29. The maximum atomic E-state index is 12.9. The fourth-order valence-corrected chi connectivity index (χ4v) is 4.64. The fourth-order valence-electron chi connectivity index (χ4n) is 3.03. The van der Waals surface area contributed by atoms with E-state index >= 15 is 0 Å². The number of methoxy groups -OCH3 is 1. The van der Waals surface area contributed by atoms with Crippen LogP contribution in [0.5, 0.6) is 11.5 Å². The van der Waals surface area contributed by atoms with Gasteiger partial charge in [0.25, 0.3) is 10.0 Å². The van der Waals surface area contributed by atoms with Gasteiger partial charge in [0, 0.05) is 11.6 Å². The van der Waals surface area contributed by atoms with Crippen LogP contribution in [0.25, 0.3) is 0 Å². The van der Waals surface area contributed by atoms with E-state index in [9.17, 15) is 8.42 Å². The second-order valence-electron chi connectivity index (χ2n) is 6.62. The molecule has 0 unspecified atom stereocenters. The van der Waals surface area contributed by atoms with E-state index in [1.165, 1.54) is 18.2 Å². The predicted octanol–water partition coefficient (Wildman–Crippen LogP) is 2.89. The van der Waals surface area contributed by atoms with Crippen LogP contribution in [0.15, 0.2) is 35.2 Å². The summed E-state index contributed by atoms with van der Waals surface area (Å²) < 4.78 is 39.6. The monoisotopic (exact) mass is 421 g/mol. The van der Waals surface area contributed by atoms with Crippen LogP contribution >= 0.6 is 11.6 Å². The standard InChI is InChI=1S/C19H20ClN3O4S/c1-23(2)13-9-14-17(26-3)6-5-16(19(14)27-11-13)22-28(24,25)18-7-4-12(10-21)8-15(18)20/h4-8,13,22H,9,11H2,1-3H3/t13-/m1/s1. The zero-order valence-electron chi connectivity index (χ0n) is 15.7. The molecule has 1 N–H and O–H groups in total. The van der Waals surface area contributed by atoms with E-state index in [0.717, 1.165) is 5.56 Å². The van der Waals surface area contributed by atoms with Crippen molar-refractivity contribution < 1.29 is 17.9 Å². The molecule has 3 rings (SSSR count). The highest BCUT2D eigenvalue weighted by molar-refractivity contribution is 7.92. The highest BCUT2D eigenvalue weighted by Crippen LogP contribution is 2.41. The minimum atomic E-state index is -3.97. The molecule has 1 aliphatic rings. The first-order chi connectivity index (χ1) is 13.3. The lowest BCUT2D eigenvalue weighted by Gasteiger charge is -2.32. The van der Waals surface area contributed by atoms with Gasteiger partial charge in [0.1, 0.15) is 23.0 Å². The molecule has 0 radical (unpaired) electrons. The number of sulfonamides is 1. The summed E-state index contributed by atoms with van der Waals surface area (Å²) in [5.41, 5.74) is 1.40. The maximum Gasteiger partial charge on any atom is 0.263 e. The molecule has 0 saturated heterocycles. The van der Waals surface area contributed by atoms with E-state index in [1.54, 1.807) is 19.2 Å². The number of nitrogens with zero attached hydrogens (tertiary/aromatic N) is 2. The molecule has 28 heavy (non-hydrogen) atoms. The summed E-state index contributed by atoms with van der Waals surface area (Å²) in [5, 5.41) is 8.90. The van der Waals surface area contributed by atoms with Gasteiger partial charge in [-0.1, -0.05) is 11.6 Å². The molecule has 0 fully saturated rings. The average molecular weight is 422 g/mol. The molecule has 148 valence electrons. The first kappa shape index (κ1) is 20.3. The SMILES string of the molecule is COc1ccc(NS(=O)(=O)c2ccc(C#N)cc2Cl)c2c1C[C@@H](N(C)C)CO2. The van der Waals surface area contributed by atoms with Gasteiger partial charge in [0.05, 0.1) is 29.5 Å². The number of nitrogens with one attached hydrogen (secondary N) is 1. The van der Waals surface area contributed by atoms with E-state index < -0.39 is 10.0 Å². The Morgan fingerprint density at radius 3 is 2.68 bits per heavy atom. The van der Waals surface area contributed by atoms with Gasteiger partial charge in [-0.05, 0) is 50.8 Å². The van der Waals surface area contributed by atoms with Gasteiger partial charge in [-0.15, -0.1) is 0 Å². The van der Waals surface area contributed by atoms with Gasteiger partial charge in [-0.25, -0.2) is 8.42 Å². The Balaban J connectivity index is 1.99. The molecular weight excluding hydrogens is 402 g/mol. The number of rotatable bonds is 5. The Kier molecular flexibility index (Phi) is 5.70. The molecule has 0 bridgehead atoms. The van der Waals surface area contributed by atoms with E-state index in [2.05, 4.69) is 9.62 Å². The van der Waals surface area contributed by atoms with Crippen LogP contribution < -0.4 is 14.2 Å². The average Bonchev–Trinajstić information content (AvgIpc) is 2.67. The van der Waals surface area contributed by atoms with Gasteiger partial charge < -0.3 is 14.4 Å². The number of halogens is 1. The molecule has 9 heteroatoms. The van der Waals surface area contributed by atoms with E-state index in [0.29, 0.717) is 30.2 Å². The lowest BCUT2D eigenvalue weighted by atomic mass is 10.00. The maximum absolute atomic E-state index is 12.9. The Morgan fingerprint density at radius 1 is 1.32 bits per heavy atom. The van der Waals surface area contributed by atoms with Crippen molar-refractivity contribution in [3.63, 3.8) is 0 Å². The first-order valence-corrected chi connectivity index (χ1v) is 10.3. The fraction of sp³-hybridized carbons (Fsp3) is 0.316. The zero-order valence-corrected chi connectivity index (χ0v) is 17.3. The number of fused-ring (bicyclic) bond motifs is 1. The van der Waals surface area contributed by atoms with Crippen LogP contribution in [-0.4, -0.2) is 47.2 Å². The third kappa shape index (κ3) is 3.87. The number of hydrogen-bond acceptors (Lipinski definition) is 6. The lowest BCUT2D eigenvalue weighted by molar-refractivity contribution is 0.164. The first-order valence-electron chi connectivity index (χ1n) is 8.48. The van der Waals surface area contributed by atoms with Crippen molar-refractivity contribution in [2.45, 2.75) is 17.4 Å². The van der Waals surface area contributed by atoms with E-state index in [-0.39, 0.29) is 21.5 Å². The summed E-state index contributed by atoms with van der Waals surface area (Å²) in [7, 11) is 1.52. The number of hydrogen-bond donors (Lipinski definition) is 1. The second-order valence-corrected chi connectivity index (χ2v) is 8.68. The van der Waals surface area contributed by atoms with E-state index in [1.807, 2.05) is 20.2 Å². The van der Waals surface area contributed by atoms with E-state index in [4.69, 9.17) is 26.3 Å². The highest BCUT2D eigenvalue weighted by atomic mass is 35.5. The molecule has 0 aliphatic carbocycles. The van der Waals surface area contributed by atoms with Gasteiger partial charge in [-0.2, -0.15) is 5.26 Å². The summed E-state index contributed by atoms with van der Waals surface area (Å²) in [4.78, 5) is 1.94. The number of ether oxygens (including phenoxy) is 2. The number of anilines is 1. The summed E-state index contributed by atoms with van der Waals surface area (Å²) in [6.07, 6.45) is 0.665. The minimum absolute atomic E-state index is 0.0254.